The molecule has 0 radical (unpaired) electrons. The van der Waals surface area contributed by atoms with Gasteiger partial charge in [-0.15, -0.1) is 0 Å². The molecule has 0 amide bonds. The van der Waals surface area contributed by atoms with Gasteiger partial charge in [0.15, 0.2) is 5.78 Å². The normalized spacial score (nSPS) is 16.5. The molecule has 2 N–H and O–H groups in total. The minimum atomic E-state index is -0.231. The Morgan fingerprint density at radius 1 is 1.25 bits per heavy atom. The number of rotatable bonds is 5. The standard InChI is InChI=1S/C20H24N2O2/c1-14(15-7-5-4-6-8-15)21-12-18(23)16-9-10-19-17(11-16)22-13-20(2,3)24-19/h4-11,14,21-22H,12-13H2,1-3H3. The molecule has 2 aromatic rings. The highest BCUT2D eigenvalue weighted by molar-refractivity contribution is 5.98. The van der Waals surface area contributed by atoms with E-state index < -0.39 is 0 Å². The first-order valence-corrected chi connectivity index (χ1v) is 8.33. The second-order valence-electron chi connectivity index (χ2n) is 6.86. The van der Waals surface area contributed by atoms with Crippen molar-refractivity contribution in [2.45, 2.75) is 32.4 Å². The van der Waals surface area contributed by atoms with Crippen molar-refractivity contribution in [3.8, 4) is 5.75 Å². The number of nitrogens with one attached hydrogen (secondary N) is 2. The molecule has 0 spiro atoms. The summed E-state index contributed by atoms with van der Waals surface area (Å²) in [4.78, 5) is 12.5. The number of fused-ring (bicyclic) bond motifs is 1. The van der Waals surface area contributed by atoms with E-state index in [9.17, 15) is 4.79 Å². The lowest BCUT2D eigenvalue weighted by atomic mass is 10.0. The van der Waals surface area contributed by atoms with Crippen LogP contribution in [0.1, 0.15) is 42.7 Å². The lowest BCUT2D eigenvalue weighted by Crippen LogP contribution is -2.40. The zero-order valence-corrected chi connectivity index (χ0v) is 14.4. The Morgan fingerprint density at radius 3 is 2.75 bits per heavy atom. The lowest BCUT2D eigenvalue weighted by Gasteiger charge is -2.33. The summed E-state index contributed by atoms with van der Waals surface area (Å²) in [7, 11) is 0. The monoisotopic (exact) mass is 324 g/mol. The van der Waals surface area contributed by atoms with E-state index in [1.54, 1.807) is 0 Å². The largest absolute Gasteiger partial charge is 0.484 e. The van der Waals surface area contributed by atoms with Crippen LogP contribution in [0.15, 0.2) is 48.5 Å². The Labute approximate surface area is 143 Å². The predicted molar refractivity (Wildman–Crippen MR) is 96.8 cm³/mol. The topological polar surface area (TPSA) is 50.4 Å². The molecule has 1 aliphatic rings. The van der Waals surface area contributed by atoms with E-state index >= 15 is 0 Å². The van der Waals surface area contributed by atoms with Crippen LogP contribution in [0, 0.1) is 0 Å². The summed E-state index contributed by atoms with van der Waals surface area (Å²) < 4.78 is 5.92. The summed E-state index contributed by atoms with van der Waals surface area (Å²) in [6.45, 7) is 7.17. The number of hydrogen-bond acceptors (Lipinski definition) is 4. The van der Waals surface area contributed by atoms with Gasteiger partial charge in [-0.25, -0.2) is 0 Å². The van der Waals surface area contributed by atoms with Crippen LogP contribution in [0.3, 0.4) is 0 Å². The van der Waals surface area contributed by atoms with Crippen molar-refractivity contribution in [2.24, 2.45) is 0 Å². The molecule has 2 aromatic carbocycles. The first-order valence-electron chi connectivity index (χ1n) is 8.33. The fourth-order valence-electron chi connectivity index (χ4n) is 2.78. The van der Waals surface area contributed by atoms with Crippen LogP contribution in [-0.4, -0.2) is 24.5 Å². The van der Waals surface area contributed by atoms with Crippen LogP contribution in [0.4, 0.5) is 5.69 Å². The fraction of sp³-hybridized carbons (Fsp3) is 0.350. The third kappa shape index (κ3) is 3.77. The molecule has 0 aliphatic carbocycles. The SMILES string of the molecule is CC(NCC(=O)c1ccc2c(c1)NCC(C)(C)O2)c1ccccc1. The number of Topliss-reactive ketones (excluding diaryl/α,β-unsaturated/α-hetero) is 1. The molecule has 4 heteroatoms. The van der Waals surface area contributed by atoms with E-state index in [1.807, 2.05) is 50.2 Å². The first-order chi connectivity index (χ1) is 11.4. The summed E-state index contributed by atoms with van der Waals surface area (Å²) in [5.74, 6) is 0.876. The van der Waals surface area contributed by atoms with Crippen molar-refractivity contribution in [3.05, 3.63) is 59.7 Å². The molecule has 1 heterocycles. The average molecular weight is 324 g/mol. The molecule has 0 saturated carbocycles. The van der Waals surface area contributed by atoms with Crippen molar-refractivity contribution in [1.29, 1.82) is 0 Å². The number of benzene rings is 2. The average Bonchev–Trinajstić information content (AvgIpc) is 2.59. The molecule has 0 saturated heterocycles. The van der Waals surface area contributed by atoms with E-state index in [1.165, 1.54) is 5.56 Å². The molecule has 0 fully saturated rings. The summed E-state index contributed by atoms with van der Waals surface area (Å²) in [5.41, 5.74) is 2.52. The molecular weight excluding hydrogens is 300 g/mol. The number of hydrogen-bond donors (Lipinski definition) is 2. The zero-order valence-electron chi connectivity index (χ0n) is 14.4. The van der Waals surface area contributed by atoms with Crippen LogP contribution in [0.2, 0.25) is 0 Å². The van der Waals surface area contributed by atoms with Crippen molar-refractivity contribution in [3.63, 3.8) is 0 Å². The molecule has 0 aromatic heterocycles. The second kappa shape index (κ2) is 6.65. The van der Waals surface area contributed by atoms with Gasteiger partial charge in [0, 0.05) is 11.6 Å². The first kappa shape index (κ1) is 16.5. The van der Waals surface area contributed by atoms with Crippen molar-refractivity contribution in [1.82, 2.24) is 5.32 Å². The van der Waals surface area contributed by atoms with Crippen LogP contribution >= 0.6 is 0 Å². The van der Waals surface area contributed by atoms with Crippen LogP contribution in [0.25, 0.3) is 0 Å². The summed E-state index contributed by atoms with van der Waals surface area (Å²) in [6, 6.07) is 15.8. The molecule has 4 nitrogen and oxygen atoms in total. The summed E-state index contributed by atoms with van der Waals surface area (Å²) >= 11 is 0. The number of carbonyl (C=O) groups is 1. The molecule has 1 unspecified atom stereocenters. The Morgan fingerprint density at radius 2 is 2.00 bits per heavy atom. The summed E-state index contributed by atoms with van der Waals surface area (Å²) in [5, 5.41) is 6.63. The number of anilines is 1. The quantitative estimate of drug-likeness (QED) is 0.821. The predicted octanol–water partition coefficient (Wildman–Crippen LogP) is 3.80. The van der Waals surface area contributed by atoms with Gasteiger partial charge in [0.1, 0.15) is 11.4 Å². The Bertz CT molecular complexity index is 726. The van der Waals surface area contributed by atoms with Gasteiger partial charge in [-0.05, 0) is 44.5 Å². The van der Waals surface area contributed by atoms with E-state index in [4.69, 9.17) is 4.74 Å². The molecule has 3 rings (SSSR count). The molecule has 126 valence electrons. The number of carbonyl (C=O) groups excluding carboxylic acids is 1. The third-order valence-electron chi connectivity index (χ3n) is 4.26. The van der Waals surface area contributed by atoms with Gasteiger partial charge in [-0.3, -0.25) is 4.79 Å². The van der Waals surface area contributed by atoms with Crippen molar-refractivity contribution in [2.75, 3.05) is 18.4 Å². The van der Waals surface area contributed by atoms with E-state index in [2.05, 4.69) is 29.7 Å². The van der Waals surface area contributed by atoms with E-state index in [-0.39, 0.29) is 17.4 Å². The van der Waals surface area contributed by atoms with Crippen LogP contribution in [-0.2, 0) is 0 Å². The lowest BCUT2D eigenvalue weighted by molar-refractivity contribution is 0.0987. The van der Waals surface area contributed by atoms with Crippen LogP contribution in [0.5, 0.6) is 5.75 Å². The maximum absolute atomic E-state index is 12.5. The minimum Gasteiger partial charge on any atom is -0.484 e. The van der Waals surface area contributed by atoms with Gasteiger partial charge >= 0.3 is 0 Å². The Kier molecular flexibility index (Phi) is 4.58. The smallest absolute Gasteiger partial charge is 0.176 e. The van der Waals surface area contributed by atoms with E-state index in [0.717, 1.165) is 18.0 Å². The molecule has 1 atom stereocenters. The highest BCUT2D eigenvalue weighted by Gasteiger charge is 2.26. The van der Waals surface area contributed by atoms with Gasteiger partial charge in [-0.1, -0.05) is 30.3 Å². The van der Waals surface area contributed by atoms with E-state index in [0.29, 0.717) is 12.1 Å². The van der Waals surface area contributed by atoms with Crippen LogP contribution < -0.4 is 15.4 Å². The number of ketones is 1. The van der Waals surface area contributed by atoms with Crippen molar-refractivity contribution >= 4 is 11.5 Å². The van der Waals surface area contributed by atoms with Gasteiger partial charge in [0.2, 0.25) is 0 Å². The maximum Gasteiger partial charge on any atom is 0.176 e. The molecular formula is C20H24N2O2. The maximum atomic E-state index is 12.5. The molecule has 0 bridgehead atoms. The fourth-order valence-corrected chi connectivity index (χ4v) is 2.78. The Balaban J connectivity index is 1.64. The van der Waals surface area contributed by atoms with Crippen molar-refractivity contribution < 1.29 is 9.53 Å². The van der Waals surface area contributed by atoms with Gasteiger partial charge in [0.25, 0.3) is 0 Å². The third-order valence-corrected chi connectivity index (χ3v) is 4.26. The summed E-state index contributed by atoms with van der Waals surface area (Å²) in [6.07, 6.45) is 0. The van der Waals surface area contributed by atoms with Gasteiger partial charge < -0.3 is 15.4 Å². The minimum absolute atomic E-state index is 0.0761. The highest BCUT2D eigenvalue weighted by atomic mass is 16.5. The zero-order chi connectivity index (χ0) is 17.2. The number of ether oxygens (including phenoxy) is 1. The molecule has 1 aliphatic heterocycles. The highest BCUT2D eigenvalue weighted by Crippen LogP contribution is 2.33. The van der Waals surface area contributed by atoms with Gasteiger partial charge in [0.05, 0.1) is 18.8 Å². The Hall–Kier alpha value is -2.33. The molecule has 24 heavy (non-hydrogen) atoms. The second-order valence-corrected chi connectivity index (χ2v) is 6.86. The van der Waals surface area contributed by atoms with Gasteiger partial charge in [-0.2, -0.15) is 0 Å².